The molecule has 0 spiro atoms. The third kappa shape index (κ3) is 3.57. The van der Waals surface area contributed by atoms with Crippen LogP contribution in [0.1, 0.15) is 37.0 Å². The normalized spacial score (nSPS) is 10.4. The first-order chi connectivity index (χ1) is 8.12. The summed E-state index contributed by atoms with van der Waals surface area (Å²) in [5.74, 6) is 5.39. The molecule has 1 heterocycles. The van der Waals surface area contributed by atoms with Crippen LogP contribution >= 0.6 is 11.6 Å². The van der Waals surface area contributed by atoms with Gasteiger partial charge in [-0.05, 0) is 18.9 Å². The number of rotatable bonds is 5. The number of nitrogen functional groups attached to an aromatic ring is 1. The van der Waals surface area contributed by atoms with Crippen LogP contribution in [0.15, 0.2) is 12.3 Å². The van der Waals surface area contributed by atoms with E-state index in [2.05, 4.69) is 15.7 Å². The standard InChI is InChI=1S/C11H17ClN4O/c1-3-8(4-2)15-11(17)7-5-9(12)10(16-13)14-6-7/h5-6,8H,3-4,13H2,1-2H3,(H,14,16)(H,15,17). The molecule has 0 aromatic carbocycles. The number of nitrogens with one attached hydrogen (secondary N) is 2. The number of carbonyl (C=O) groups excluding carboxylic acids is 1. The topological polar surface area (TPSA) is 80.0 Å². The van der Waals surface area contributed by atoms with Crippen LogP contribution in [0.4, 0.5) is 5.82 Å². The van der Waals surface area contributed by atoms with E-state index < -0.39 is 0 Å². The molecule has 0 fully saturated rings. The molecular formula is C11H17ClN4O. The summed E-state index contributed by atoms with van der Waals surface area (Å²) in [6.07, 6.45) is 3.23. The van der Waals surface area contributed by atoms with Gasteiger partial charge in [0.05, 0.1) is 10.6 Å². The summed E-state index contributed by atoms with van der Waals surface area (Å²) in [5, 5.41) is 3.23. The number of hydrogen-bond acceptors (Lipinski definition) is 4. The predicted molar refractivity (Wildman–Crippen MR) is 68.9 cm³/mol. The van der Waals surface area contributed by atoms with Gasteiger partial charge in [0.1, 0.15) is 0 Å². The molecule has 1 aromatic rings. The Hall–Kier alpha value is -1.33. The molecule has 0 saturated heterocycles. The molecule has 6 heteroatoms. The fraction of sp³-hybridized carbons (Fsp3) is 0.455. The summed E-state index contributed by atoms with van der Waals surface area (Å²) in [6, 6.07) is 1.72. The van der Waals surface area contributed by atoms with Gasteiger partial charge in [0, 0.05) is 12.2 Å². The Balaban J connectivity index is 2.79. The Morgan fingerprint density at radius 1 is 1.53 bits per heavy atom. The Kier molecular flexibility index (Phi) is 5.18. The van der Waals surface area contributed by atoms with E-state index >= 15 is 0 Å². The molecule has 1 rings (SSSR count). The van der Waals surface area contributed by atoms with Crippen LogP contribution in [-0.4, -0.2) is 16.9 Å². The van der Waals surface area contributed by atoms with Crippen molar-refractivity contribution >= 4 is 23.3 Å². The molecule has 0 atom stereocenters. The lowest BCUT2D eigenvalue weighted by molar-refractivity contribution is 0.0934. The van der Waals surface area contributed by atoms with E-state index in [-0.39, 0.29) is 11.9 Å². The van der Waals surface area contributed by atoms with Crippen molar-refractivity contribution in [2.75, 3.05) is 5.43 Å². The first-order valence-electron chi connectivity index (χ1n) is 5.55. The highest BCUT2D eigenvalue weighted by Crippen LogP contribution is 2.19. The van der Waals surface area contributed by atoms with Crippen molar-refractivity contribution < 1.29 is 4.79 Å². The highest BCUT2D eigenvalue weighted by Gasteiger charge is 2.12. The predicted octanol–water partition coefficient (Wildman–Crippen LogP) is 1.94. The average Bonchev–Trinajstić information content (AvgIpc) is 2.35. The van der Waals surface area contributed by atoms with Gasteiger partial charge >= 0.3 is 0 Å². The largest absolute Gasteiger partial charge is 0.349 e. The van der Waals surface area contributed by atoms with Crippen LogP contribution in [0.5, 0.6) is 0 Å². The molecule has 0 radical (unpaired) electrons. The number of nitrogens with two attached hydrogens (primary N) is 1. The van der Waals surface area contributed by atoms with E-state index in [0.29, 0.717) is 16.4 Å². The van der Waals surface area contributed by atoms with Gasteiger partial charge in [0.2, 0.25) is 0 Å². The van der Waals surface area contributed by atoms with Crippen molar-refractivity contribution in [1.82, 2.24) is 10.3 Å². The lowest BCUT2D eigenvalue weighted by atomic mass is 10.1. The first kappa shape index (κ1) is 13.7. The van der Waals surface area contributed by atoms with Gasteiger partial charge in [-0.2, -0.15) is 0 Å². The molecule has 0 aliphatic heterocycles. The van der Waals surface area contributed by atoms with Crippen LogP contribution in [0, 0.1) is 0 Å². The first-order valence-corrected chi connectivity index (χ1v) is 5.93. The monoisotopic (exact) mass is 256 g/mol. The van der Waals surface area contributed by atoms with Crippen molar-refractivity contribution in [1.29, 1.82) is 0 Å². The van der Waals surface area contributed by atoms with Gasteiger partial charge in [0.15, 0.2) is 5.82 Å². The van der Waals surface area contributed by atoms with Gasteiger partial charge in [-0.15, -0.1) is 0 Å². The molecule has 0 aliphatic rings. The molecule has 4 N–H and O–H groups in total. The van der Waals surface area contributed by atoms with Crippen LogP contribution in [0.25, 0.3) is 0 Å². The number of aromatic nitrogens is 1. The molecule has 17 heavy (non-hydrogen) atoms. The van der Waals surface area contributed by atoms with Crippen LogP contribution in [0.3, 0.4) is 0 Å². The summed E-state index contributed by atoms with van der Waals surface area (Å²) >= 11 is 5.89. The van der Waals surface area contributed by atoms with Gasteiger partial charge in [-0.3, -0.25) is 4.79 Å². The summed E-state index contributed by atoms with van der Waals surface area (Å²) in [4.78, 5) is 15.8. The zero-order valence-electron chi connectivity index (χ0n) is 9.96. The van der Waals surface area contributed by atoms with Crippen LogP contribution in [-0.2, 0) is 0 Å². The summed E-state index contributed by atoms with van der Waals surface area (Å²) < 4.78 is 0. The number of carbonyl (C=O) groups is 1. The Labute approximate surface area is 106 Å². The second kappa shape index (κ2) is 6.42. The number of hydrazine groups is 1. The number of hydrogen-bond donors (Lipinski definition) is 3. The number of nitrogens with zero attached hydrogens (tertiary/aromatic N) is 1. The van der Waals surface area contributed by atoms with Crippen molar-refractivity contribution in [2.24, 2.45) is 5.84 Å². The minimum absolute atomic E-state index is 0.170. The zero-order chi connectivity index (χ0) is 12.8. The quantitative estimate of drug-likeness (QED) is 0.556. The van der Waals surface area contributed by atoms with Gasteiger partial charge in [-0.1, -0.05) is 25.4 Å². The smallest absolute Gasteiger partial charge is 0.253 e. The van der Waals surface area contributed by atoms with Crippen LogP contribution < -0.4 is 16.6 Å². The zero-order valence-corrected chi connectivity index (χ0v) is 10.7. The summed E-state index contributed by atoms with van der Waals surface area (Å²) in [7, 11) is 0. The number of anilines is 1. The average molecular weight is 257 g/mol. The maximum atomic E-state index is 11.9. The molecule has 1 aromatic heterocycles. The lowest BCUT2D eigenvalue weighted by Gasteiger charge is -2.14. The molecule has 0 aliphatic carbocycles. The van der Waals surface area contributed by atoms with E-state index in [1.165, 1.54) is 6.20 Å². The Morgan fingerprint density at radius 2 is 2.18 bits per heavy atom. The Morgan fingerprint density at radius 3 is 2.65 bits per heavy atom. The SMILES string of the molecule is CCC(CC)NC(=O)c1cnc(NN)c(Cl)c1. The number of halogens is 1. The van der Waals surface area contributed by atoms with Gasteiger partial charge in [0.25, 0.3) is 5.91 Å². The maximum Gasteiger partial charge on any atom is 0.253 e. The molecule has 0 saturated carbocycles. The molecule has 1 amide bonds. The molecular weight excluding hydrogens is 240 g/mol. The van der Waals surface area contributed by atoms with E-state index in [1.807, 2.05) is 13.8 Å². The van der Waals surface area contributed by atoms with Crippen molar-refractivity contribution in [3.8, 4) is 0 Å². The third-order valence-electron chi connectivity index (χ3n) is 2.56. The minimum atomic E-state index is -0.170. The number of amides is 1. The van der Waals surface area contributed by atoms with Crippen LogP contribution in [0.2, 0.25) is 5.02 Å². The lowest BCUT2D eigenvalue weighted by Crippen LogP contribution is -2.33. The second-order valence-corrected chi connectivity index (χ2v) is 4.09. The summed E-state index contributed by atoms with van der Waals surface area (Å²) in [6.45, 7) is 4.06. The molecule has 0 bridgehead atoms. The fourth-order valence-electron chi connectivity index (χ4n) is 1.43. The van der Waals surface area contributed by atoms with Crippen molar-refractivity contribution in [3.05, 3.63) is 22.8 Å². The molecule has 5 nitrogen and oxygen atoms in total. The molecule has 0 unspecified atom stereocenters. The summed E-state index contributed by atoms with van der Waals surface area (Å²) in [5.41, 5.74) is 2.78. The second-order valence-electron chi connectivity index (χ2n) is 3.69. The maximum absolute atomic E-state index is 11.9. The van der Waals surface area contributed by atoms with Crippen molar-refractivity contribution in [2.45, 2.75) is 32.7 Å². The van der Waals surface area contributed by atoms with E-state index in [0.717, 1.165) is 12.8 Å². The highest BCUT2D eigenvalue weighted by atomic mass is 35.5. The van der Waals surface area contributed by atoms with Gasteiger partial charge < -0.3 is 10.7 Å². The van der Waals surface area contributed by atoms with E-state index in [4.69, 9.17) is 17.4 Å². The van der Waals surface area contributed by atoms with E-state index in [1.54, 1.807) is 6.07 Å². The Bertz CT molecular complexity index is 393. The van der Waals surface area contributed by atoms with Crippen molar-refractivity contribution in [3.63, 3.8) is 0 Å². The number of pyridine rings is 1. The van der Waals surface area contributed by atoms with E-state index in [9.17, 15) is 4.79 Å². The third-order valence-corrected chi connectivity index (χ3v) is 2.85. The highest BCUT2D eigenvalue weighted by molar-refractivity contribution is 6.33. The minimum Gasteiger partial charge on any atom is -0.349 e. The molecule has 94 valence electrons. The fourth-order valence-corrected chi connectivity index (χ4v) is 1.65. The van der Waals surface area contributed by atoms with Gasteiger partial charge in [-0.25, -0.2) is 10.8 Å².